The van der Waals surface area contributed by atoms with E-state index in [1.54, 1.807) is 0 Å². The van der Waals surface area contributed by atoms with Gasteiger partial charge in [-0.1, -0.05) is 15.9 Å². The van der Waals surface area contributed by atoms with E-state index in [1.807, 2.05) is 0 Å². The van der Waals surface area contributed by atoms with Gasteiger partial charge in [0, 0.05) is 17.8 Å². The molecule has 1 rings (SSSR count). The van der Waals surface area contributed by atoms with Crippen molar-refractivity contribution in [3.05, 3.63) is 0 Å². The number of hydrogen-bond acceptors (Lipinski definition) is 1. The van der Waals surface area contributed by atoms with Crippen molar-refractivity contribution in [1.29, 1.82) is 0 Å². The molecule has 1 unspecified atom stereocenters. The van der Waals surface area contributed by atoms with Crippen molar-refractivity contribution in [3.8, 4) is 0 Å². The molecule has 1 heterocycles. The molecule has 1 amide bonds. The zero-order chi connectivity index (χ0) is 6.69. The second-order valence-electron chi connectivity index (χ2n) is 2.25. The summed E-state index contributed by atoms with van der Waals surface area (Å²) in [7, 11) is 0. The van der Waals surface area contributed by atoms with E-state index in [0.717, 1.165) is 24.7 Å². The molecule has 0 aliphatic carbocycles. The maximum Gasteiger partial charge on any atom is 0.223 e. The third-order valence-electron chi connectivity index (χ3n) is 1.62. The van der Waals surface area contributed by atoms with E-state index in [2.05, 4.69) is 21.2 Å². The van der Waals surface area contributed by atoms with Crippen LogP contribution in [0.5, 0.6) is 0 Å². The molecule has 9 heavy (non-hydrogen) atoms. The molecule has 1 aliphatic rings. The highest BCUT2D eigenvalue weighted by molar-refractivity contribution is 9.09. The van der Waals surface area contributed by atoms with Crippen LogP contribution in [0.3, 0.4) is 0 Å². The summed E-state index contributed by atoms with van der Waals surface area (Å²) in [6.07, 6.45) is 2.00. The Morgan fingerprint density at radius 2 is 2.56 bits per heavy atom. The van der Waals surface area contributed by atoms with Gasteiger partial charge in [0.2, 0.25) is 5.91 Å². The minimum Gasteiger partial charge on any atom is -0.356 e. The van der Waals surface area contributed by atoms with Crippen molar-refractivity contribution in [2.75, 3.05) is 11.9 Å². The van der Waals surface area contributed by atoms with Gasteiger partial charge in [-0.3, -0.25) is 4.79 Å². The number of nitrogens with one attached hydrogen (secondary N) is 1. The Kier molecular flexibility index (Phi) is 2.51. The molecule has 1 N–H and O–H groups in total. The molecule has 2 nitrogen and oxygen atoms in total. The third-order valence-corrected chi connectivity index (χ3v) is 2.08. The Balaban J connectivity index is 2.31. The molecule has 1 atom stereocenters. The summed E-state index contributed by atoms with van der Waals surface area (Å²) in [5, 5.41) is 3.73. The molecule has 1 aliphatic heterocycles. The molecule has 52 valence electrons. The van der Waals surface area contributed by atoms with Gasteiger partial charge >= 0.3 is 0 Å². The van der Waals surface area contributed by atoms with Gasteiger partial charge < -0.3 is 5.32 Å². The van der Waals surface area contributed by atoms with Gasteiger partial charge in [0.15, 0.2) is 0 Å². The van der Waals surface area contributed by atoms with Gasteiger partial charge in [0.05, 0.1) is 0 Å². The molecular formula is C6H10BrNO. The van der Waals surface area contributed by atoms with Crippen molar-refractivity contribution in [1.82, 2.24) is 5.32 Å². The number of carbonyl (C=O) groups excluding carboxylic acids is 1. The summed E-state index contributed by atoms with van der Waals surface area (Å²) >= 11 is 3.31. The van der Waals surface area contributed by atoms with Crippen LogP contribution in [0.15, 0.2) is 0 Å². The first-order chi connectivity index (χ1) is 4.34. The van der Waals surface area contributed by atoms with Crippen molar-refractivity contribution < 1.29 is 4.79 Å². The maximum atomic E-state index is 10.8. The Morgan fingerprint density at radius 1 is 1.78 bits per heavy atom. The predicted octanol–water partition coefficient (Wildman–Crippen LogP) is 0.907. The highest BCUT2D eigenvalue weighted by atomic mass is 79.9. The van der Waals surface area contributed by atoms with E-state index >= 15 is 0 Å². The highest BCUT2D eigenvalue weighted by Gasteiger charge is 2.22. The lowest BCUT2D eigenvalue weighted by atomic mass is 10.1. The van der Waals surface area contributed by atoms with Crippen LogP contribution in [0.4, 0.5) is 0 Å². The lowest BCUT2D eigenvalue weighted by Crippen LogP contribution is -2.19. The average molecular weight is 192 g/mol. The number of carbonyl (C=O) groups is 1. The second-order valence-corrected chi connectivity index (χ2v) is 3.05. The Morgan fingerprint density at radius 3 is 3.00 bits per heavy atom. The van der Waals surface area contributed by atoms with Crippen LogP contribution in [-0.2, 0) is 4.79 Å². The van der Waals surface area contributed by atoms with E-state index in [0.29, 0.717) is 0 Å². The summed E-state index contributed by atoms with van der Waals surface area (Å²) in [6.45, 7) is 0.872. The highest BCUT2D eigenvalue weighted by Crippen LogP contribution is 2.14. The number of rotatable bonds is 2. The van der Waals surface area contributed by atoms with Crippen molar-refractivity contribution >= 4 is 21.8 Å². The summed E-state index contributed by atoms with van der Waals surface area (Å²) in [4.78, 5) is 10.8. The summed E-state index contributed by atoms with van der Waals surface area (Å²) < 4.78 is 0. The van der Waals surface area contributed by atoms with Crippen LogP contribution in [-0.4, -0.2) is 17.8 Å². The van der Waals surface area contributed by atoms with E-state index in [-0.39, 0.29) is 11.8 Å². The van der Waals surface area contributed by atoms with Crippen LogP contribution in [0, 0.1) is 5.92 Å². The fraction of sp³-hybridized carbons (Fsp3) is 0.833. The minimum atomic E-state index is 0.231. The Labute approximate surface area is 63.1 Å². The van der Waals surface area contributed by atoms with Gasteiger partial charge in [-0.05, 0) is 12.8 Å². The van der Waals surface area contributed by atoms with Gasteiger partial charge in [-0.15, -0.1) is 0 Å². The first kappa shape index (κ1) is 7.06. The summed E-state index contributed by atoms with van der Waals surface area (Å²) in [5.74, 6) is 0.513. The largest absolute Gasteiger partial charge is 0.356 e. The maximum absolute atomic E-state index is 10.8. The Hall–Kier alpha value is -0.0500. The van der Waals surface area contributed by atoms with E-state index in [9.17, 15) is 4.79 Å². The Bertz CT molecular complexity index is 116. The molecular weight excluding hydrogens is 182 g/mol. The number of hydrogen-bond donors (Lipinski definition) is 1. The average Bonchev–Trinajstić information content (AvgIpc) is 2.18. The summed E-state index contributed by atoms with van der Waals surface area (Å²) in [5.41, 5.74) is 0. The number of alkyl halides is 1. The molecule has 0 bridgehead atoms. The second kappa shape index (κ2) is 3.20. The van der Waals surface area contributed by atoms with E-state index in [1.165, 1.54) is 0 Å². The van der Waals surface area contributed by atoms with Gasteiger partial charge in [0.25, 0.3) is 0 Å². The van der Waals surface area contributed by atoms with Gasteiger partial charge in [0.1, 0.15) is 0 Å². The van der Waals surface area contributed by atoms with E-state index < -0.39 is 0 Å². The van der Waals surface area contributed by atoms with Crippen LogP contribution >= 0.6 is 15.9 Å². The van der Waals surface area contributed by atoms with Crippen molar-refractivity contribution in [2.45, 2.75) is 12.8 Å². The van der Waals surface area contributed by atoms with Crippen LogP contribution in [0.1, 0.15) is 12.8 Å². The standard InChI is InChI=1S/C6H10BrNO/c7-3-1-5-2-4-8-6(5)9/h5H,1-4H2,(H,8,9). The SMILES string of the molecule is O=C1NCCC1CCBr. The molecule has 0 radical (unpaired) electrons. The molecule has 0 saturated carbocycles. The normalized spacial score (nSPS) is 26.3. The fourth-order valence-electron chi connectivity index (χ4n) is 1.05. The molecule has 0 spiro atoms. The van der Waals surface area contributed by atoms with Crippen LogP contribution in [0.2, 0.25) is 0 Å². The van der Waals surface area contributed by atoms with Gasteiger partial charge in [-0.25, -0.2) is 0 Å². The molecule has 0 aromatic rings. The molecule has 0 aromatic carbocycles. The zero-order valence-electron chi connectivity index (χ0n) is 5.19. The van der Waals surface area contributed by atoms with Crippen LogP contribution in [0.25, 0.3) is 0 Å². The third kappa shape index (κ3) is 1.68. The number of halogens is 1. The lowest BCUT2D eigenvalue weighted by Gasteiger charge is -2.00. The minimum absolute atomic E-state index is 0.231. The van der Waals surface area contributed by atoms with Crippen LogP contribution < -0.4 is 5.32 Å². The predicted molar refractivity (Wildman–Crippen MR) is 39.5 cm³/mol. The van der Waals surface area contributed by atoms with E-state index in [4.69, 9.17) is 0 Å². The van der Waals surface area contributed by atoms with Crippen molar-refractivity contribution in [2.24, 2.45) is 5.92 Å². The monoisotopic (exact) mass is 191 g/mol. The fourth-order valence-corrected chi connectivity index (χ4v) is 1.60. The smallest absolute Gasteiger partial charge is 0.223 e. The topological polar surface area (TPSA) is 29.1 Å². The molecule has 1 fully saturated rings. The number of amides is 1. The van der Waals surface area contributed by atoms with Crippen molar-refractivity contribution in [3.63, 3.8) is 0 Å². The summed E-state index contributed by atoms with van der Waals surface area (Å²) in [6, 6.07) is 0. The quantitative estimate of drug-likeness (QED) is 0.647. The zero-order valence-corrected chi connectivity index (χ0v) is 6.78. The molecule has 0 aromatic heterocycles. The first-order valence-corrected chi connectivity index (χ1v) is 4.30. The lowest BCUT2D eigenvalue weighted by molar-refractivity contribution is -0.122. The molecule has 3 heteroatoms. The molecule has 1 saturated heterocycles. The van der Waals surface area contributed by atoms with Gasteiger partial charge in [-0.2, -0.15) is 0 Å². The first-order valence-electron chi connectivity index (χ1n) is 3.18.